The van der Waals surface area contributed by atoms with Crippen molar-refractivity contribution in [1.29, 1.82) is 0 Å². The lowest BCUT2D eigenvalue weighted by molar-refractivity contribution is -0.420. The zero-order chi connectivity index (χ0) is 16.9. The Balaban J connectivity index is 1.92. The number of nitrogens with one attached hydrogen (secondary N) is 2. The number of carbonyl (C=O) groups is 1. The number of fused-ring (bicyclic) bond motifs is 2. The van der Waals surface area contributed by atoms with E-state index in [1.807, 2.05) is 0 Å². The minimum atomic E-state index is -2.23. The molecule has 0 aromatic carbocycles. The van der Waals surface area contributed by atoms with Crippen molar-refractivity contribution in [3.05, 3.63) is 0 Å². The highest BCUT2D eigenvalue weighted by Crippen LogP contribution is 2.40. The van der Waals surface area contributed by atoms with Gasteiger partial charge in [-0.15, -0.1) is 0 Å². The molecule has 0 spiro atoms. The number of rotatable bonds is 2. The monoisotopic (exact) mass is 332 g/mol. The second kappa shape index (κ2) is 6.01. The van der Waals surface area contributed by atoms with Gasteiger partial charge in [0.25, 0.3) is 5.79 Å². The summed E-state index contributed by atoms with van der Waals surface area (Å²) in [4.78, 5) is 12.2. The van der Waals surface area contributed by atoms with E-state index in [2.05, 4.69) is 10.6 Å². The minimum Gasteiger partial charge on any atom is -0.390 e. The van der Waals surface area contributed by atoms with Crippen LogP contribution >= 0.6 is 0 Å². The van der Waals surface area contributed by atoms with Crippen molar-refractivity contribution in [3.8, 4) is 0 Å². The van der Waals surface area contributed by atoms with Crippen molar-refractivity contribution in [2.45, 2.75) is 68.0 Å². The van der Waals surface area contributed by atoms with E-state index in [1.54, 1.807) is 21.0 Å². The summed E-state index contributed by atoms with van der Waals surface area (Å²) in [6, 6.07) is -1.29. The topological polar surface area (TPSA) is 130 Å². The fourth-order valence-corrected chi connectivity index (χ4v) is 3.68. The van der Waals surface area contributed by atoms with E-state index in [1.165, 1.54) is 0 Å². The first-order chi connectivity index (χ1) is 10.8. The smallest absolute Gasteiger partial charge is 0.280 e. The zero-order valence-corrected chi connectivity index (χ0v) is 13.3. The van der Waals surface area contributed by atoms with Gasteiger partial charge in [0.1, 0.15) is 18.3 Å². The van der Waals surface area contributed by atoms with E-state index >= 15 is 0 Å². The Morgan fingerprint density at radius 1 is 1.09 bits per heavy atom. The van der Waals surface area contributed by atoms with Gasteiger partial charge in [-0.25, -0.2) is 0 Å². The Labute approximate surface area is 133 Å². The molecule has 0 aromatic heterocycles. The second-order valence-corrected chi connectivity index (χ2v) is 6.40. The largest absolute Gasteiger partial charge is 0.390 e. The highest BCUT2D eigenvalue weighted by Gasteiger charge is 2.63. The van der Waals surface area contributed by atoms with Gasteiger partial charge in [-0.3, -0.25) is 4.79 Å². The summed E-state index contributed by atoms with van der Waals surface area (Å²) < 4.78 is 16.8. The van der Waals surface area contributed by atoms with Gasteiger partial charge < -0.3 is 40.2 Å². The van der Waals surface area contributed by atoms with Gasteiger partial charge in [0, 0.05) is 6.42 Å². The molecule has 9 nitrogen and oxygen atoms in total. The van der Waals surface area contributed by atoms with Crippen LogP contribution in [0.15, 0.2) is 0 Å². The van der Waals surface area contributed by atoms with Crippen LogP contribution in [0.2, 0.25) is 0 Å². The summed E-state index contributed by atoms with van der Waals surface area (Å²) in [6.45, 7) is 1.70. The number of Topliss-reactive ketones (excluding diaryl/α,β-unsaturated/α-hetero) is 1. The first-order valence-electron chi connectivity index (χ1n) is 7.78. The van der Waals surface area contributed by atoms with Crippen molar-refractivity contribution in [2.24, 2.45) is 0 Å². The number of aliphatic hydroxyl groups is 3. The van der Waals surface area contributed by atoms with Gasteiger partial charge in [0.05, 0.1) is 24.3 Å². The van der Waals surface area contributed by atoms with Crippen molar-refractivity contribution < 1.29 is 34.3 Å². The molecule has 2 heterocycles. The zero-order valence-electron chi connectivity index (χ0n) is 13.3. The molecule has 0 amide bonds. The summed E-state index contributed by atoms with van der Waals surface area (Å²) in [5.74, 6) is -2.76. The third-order valence-corrected chi connectivity index (χ3v) is 4.93. The molecule has 0 aromatic rings. The number of ether oxygens (including phenoxy) is 3. The molecule has 0 bridgehead atoms. The molecule has 0 unspecified atom stereocenters. The first kappa shape index (κ1) is 17.2. The molecule has 0 radical (unpaired) electrons. The van der Waals surface area contributed by atoms with Crippen LogP contribution < -0.4 is 10.6 Å². The van der Waals surface area contributed by atoms with Gasteiger partial charge >= 0.3 is 0 Å². The molecule has 3 aliphatic rings. The number of carbonyl (C=O) groups excluding carboxylic acids is 1. The van der Waals surface area contributed by atoms with Gasteiger partial charge in [0.2, 0.25) is 6.29 Å². The number of hydrogen-bond acceptors (Lipinski definition) is 9. The normalized spacial score (nSPS) is 53.6. The van der Waals surface area contributed by atoms with Gasteiger partial charge in [-0.1, -0.05) is 0 Å². The lowest BCUT2D eigenvalue weighted by Gasteiger charge is -2.55. The van der Waals surface area contributed by atoms with Gasteiger partial charge in [-0.05, 0) is 21.0 Å². The minimum absolute atomic E-state index is 0.00220. The van der Waals surface area contributed by atoms with Gasteiger partial charge in [-0.2, -0.15) is 0 Å². The van der Waals surface area contributed by atoms with Crippen LogP contribution in [0.4, 0.5) is 0 Å². The van der Waals surface area contributed by atoms with Crippen LogP contribution in [0, 0.1) is 0 Å². The molecular formula is C14H24N2O7. The quantitative estimate of drug-likeness (QED) is 0.361. The summed E-state index contributed by atoms with van der Waals surface area (Å²) in [6.07, 6.45) is -5.58. The molecule has 23 heavy (non-hydrogen) atoms. The number of likely N-dealkylation sites (N-methyl/N-ethyl adjacent to an activating group) is 2. The highest BCUT2D eigenvalue weighted by molar-refractivity contribution is 5.87. The third-order valence-electron chi connectivity index (χ3n) is 4.93. The molecule has 3 fully saturated rings. The third kappa shape index (κ3) is 2.52. The second-order valence-electron chi connectivity index (χ2n) is 6.40. The standard InChI is InChI=1S/C14H24N2O7/c1-5-4-6(17)14(20)13(21-5)22-12-10(19)7(15-2)9(18)8(16-3)11(12)23-14/h5,7-13,15-16,18-20H,4H2,1-3H3/t5-,7-,8+,9+,10-,11+,12-,13+,14-/m1/s1. The molecule has 9 heteroatoms. The van der Waals surface area contributed by atoms with Crippen LogP contribution in [0.1, 0.15) is 13.3 Å². The summed E-state index contributed by atoms with van der Waals surface area (Å²) in [5, 5.41) is 37.2. The molecule has 1 saturated carbocycles. The number of ketones is 1. The van der Waals surface area contributed by atoms with E-state index in [-0.39, 0.29) is 6.42 Å². The predicted octanol–water partition coefficient (Wildman–Crippen LogP) is -2.93. The van der Waals surface area contributed by atoms with E-state index in [0.29, 0.717) is 0 Å². The predicted molar refractivity (Wildman–Crippen MR) is 76.4 cm³/mol. The Hall–Kier alpha value is -0.650. The molecule has 3 rings (SSSR count). The molecule has 1 aliphatic carbocycles. The van der Waals surface area contributed by atoms with Crippen molar-refractivity contribution in [1.82, 2.24) is 10.6 Å². The Bertz CT molecular complexity index is 478. The average Bonchev–Trinajstić information content (AvgIpc) is 2.49. The lowest BCUT2D eigenvalue weighted by Crippen LogP contribution is -2.77. The van der Waals surface area contributed by atoms with E-state index in [0.717, 1.165) is 0 Å². The van der Waals surface area contributed by atoms with Gasteiger partial charge in [0.15, 0.2) is 5.78 Å². The van der Waals surface area contributed by atoms with Crippen LogP contribution in [-0.2, 0) is 19.0 Å². The van der Waals surface area contributed by atoms with Crippen LogP contribution in [0.5, 0.6) is 0 Å². The van der Waals surface area contributed by atoms with E-state index in [9.17, 15) is 20.1 Å². The molecule has 2 aliphatic heterocycles. The fraction of sp³-hybridized carbons (Fsp3) is 0.929. The van der Waals surface area contributed by atoms with E-state index < -0.39 is 60.5 Å². The van der Waals surface area contributed by atoms with Crippen LogP contribution in [0.25, 0.3) is 0 Å². The number of hydrogen-bond donors (Lipinski definition) is 5. The van der Waals surface area contributed by atoms with Crippen molar-refractivity contribution >= 4 is 5.78 Å². The molecule has 132 valence electrons. The highest BCUT2D eigenvalue weighted by atomic mass is 16.8. The SMILES string of the molecule is CN[C@H]1[C@@H](O)[C@H]2O[C@@H]3O[C@H](C)CC(=O)[C@@]3(O)O[C@H]2[C@@H](NC)[C@H]1O. The Morgan fingerprint density at radius 3 is 2.35 bits per heavy atom. The van der Waals surface area contributed by atoms with Crippen LogP contribution in [0.3, 0.4) is 0 Å². The molecule has 2 saturated heterocycles. The maximum Gasteiger partial charge on any atom is 0.280 e. The first-order valence-corrected chi connectivity index (χ1v) is 7.78. The van der Waals surface area contributed by atoms with Crippen LogP contribution in [-0.4, -0.2) is 89.9 Å². The molecular weight excluding hydrogens is 308 g/mol. The van der Waals surface area contributed by atoms with Crippen molar-refractivity contribution in [2.75, 3.05) is 14.1 Å². The molecule has 9 atom stereocenters. The maximum absolute atomic E-state index is 12.2. The lowest BCUT2D eigenvalue weighted by atomic mass is 9.80. The summed E-state index contributed by atoms with van der Waals surface area (Å²) in [5.41, 5.74) is 0. The van der Waals surface area contributed by atoms with E-state index in [4.69, 9.17) is 14.2 Å². The summed E-state index contributed by atoms with van der Waals surface area (Å²) >= 11 is 0. The Morgan fingerprint density at radius 2 is 1.74 bits per heavy atom. The Kier molecular flexibility index (Phi) is 4.49. The maximum atomic E-state index is 12.2. The van der Waals surface area contributed by atoms with Crippen molar-refractivity contribution in [3.63, 3.8) is 0 Å². The fourth-order valence-electron chi connectivity index (χ4n) is 3.68. The molecule has 5 N–H and O–H groups in total. The average molecular weight is 332 g/mol. The number of aliphatic hydroxyl groups excluding tert-OH is 2. The summed E-state index contributed by atoms with van der Waals surface area (Å²) in [7, 11) is 3.24.